The van der Waals surface area contributed by atoms with E-state index in [1.807, 2.05) is 0 Å². The number of allylic oxidation sites excluding steroid dienone is 4. The first-order valence-electron chi connectivity index (χ1n) is 3.16. The van der Waals surface area contributed by atoms with E-state index < -0.39 is 0 Å². The van der Waals surface area contributed by atoms with Gasteiger partial charge in [0.2, 0.25) is 0 Å². The maximum atomic E-state index is 2.23. The zero-order valence-corrected chi connectivity index (χ0v) is 5.52. The van der Waals surface area contributed by atoms with E-state index in [2.05, 4.69) is 32.1 Å². The Morgan fingerprint density at radius 3 is 2.33 bits per heavy atom. The molecule has 46 valence electrons. The fourth-order valence-electron chi connectivity index (χ4n) is 0.892. The molecule has 0 unspecified atom stereocenters. The minimum atomic E-state index is 0. The summed E-state index contributed by atoms with van der Waals surface area (Å²) in [5, 5.41) is 0. The molecule has 1 aliphatic carbocycles. The molecule has 0 fully saturated rings. The van der Waals surface area contributed by atoms with Crippen LogP contribution >= 0.6 is 0 Å². The van der Waals surface area contributed by atoms with Crippen molar-refractivity contribution in [3.05, 3.63) is 23.8 Å². The molecule has 0 saturated carbocycles. The maximum absolute atomic E-state index is 2.23. The third-order valence-corrected chi connectivity index (χ3v) is 1.54. The van der Waals surface area contributed by atoms with Gasteiger partial charge in [0.15, 0.2) is 0 Å². The molecule has 1 heteroatoms. The van der Waals surface area contributed by atoms with E-state index >= 15 is 0 Å². The number of hydrogen-bond donors (Lipinski definition) is 0. The van der Waals surface area contributed by atoms with Gasteiger partial charge in [0, 0.05) is 0 Å². The summed E-state index contributed by atoms with van der Waals surface area (Å²) in [4.78, 5) is 0. The second-order valence-electron chi connectivity index (χ2n) is 2.53. The summed E-state index contributed by atoms with van der Waals surface area (Å²) in [5.41, 5.74) is 1.56. The summed E-state index contributed by atoms with van der Waals surface area (Å²) in [5.74, 6) is 0.741. The summed E-state index contributed by atoms with van der Waals surface area (Å²) in [7, 11) is 0. The van der Waals surface area contributed by atoms with Crippen molar-refractivity contribution in [1.29, 1.82) is 0 Å². The van der Waals surface area contributed by atoms with Gasteiger partial charge >= 0.3 is 18.9 Å². The number of rotatable bonds is 1. The van der Waals surface area contributed by atoms with Gasteiger partial charge in [0.25, 0.3) is 0 Å². The summed E-state index contributed by atoms with van der Waals surface area (Å²) in [6.45, 7) is 4.47. The normalized spacial score (nSPS) is 15.7. The van der Waals surface area contributed by atoms with Crippen molar-refractivity contribution in [3.8, 4) is 0 Å². The molecule has 1 aliphatic rings. The Labute approximate surface area is 69.2 Å². The van der Waals surface area contributed by atoms with Crippen LogP contribution in [-0.2, 0) is 0 Å². The van der Waals surface area contributed by atoms with Gasteiger partial charge < -0.3 is 0 Å². The third kappa shape index (κ3) is 2.43. The molecule has 0 amide bonds. The van der Waals surface area contributed by atoms with Crippen LogP contribution in [0.15, 0.2) is 23.8 Å². The topological polar surface area (TPSA) is 0 Å². The molecule has 0 atom stereocenters. The van der Waals surface area contributed by atoms with Crippen LogP contribution < -0.4 is 0 Å². The van der Waals surface area contributed by atoms with Crippen molar-refractivity contribution < 1.29 is 0 Å². The van der Waals surface area contributed by atoms with Crippen molar-refractivity contribution in [2.75, 3.05) is 0 Å². The van der Waals surface area contributed by atoms with E-state index in [4.69, 9.17) is 0 Å². The van der Waals surface area contributed by atoms with Crippen molar-refractivity contribution >= 4 is 18.9 Å². The van der Waals surface area contributed by atoms with Gasteiger partial charge in [-0.15, -0.1) is 0 Å². The molecule has 0 N–H and O–H groups in total. The van der Waals surface area contributed by atoms with Crippen molar-refractivity contribution in [2.45, 2.75) is 20.3 Å². The Hall–Kier alpha value is 0.0774. The van der Waals surface area contributed by atoms with Crippen molar-refractivity contribution in [1.82, 2.24) is 0 Å². The van der Waals surface area contributed by atoms with E-state index in [9.17, 15) is 0 Å². The van der Waals surface area contributed by atoms with Gasteiger partial charge in [0.05, 0.1) is 0 Å². The first-order valence-corrected chi connectivity index (χ1v) is 3.16. The van der Waals surface area contributed by atoms with E-state index in [0.717, 1.165) is 5.92 Å². The molecule has 0 bridgehead atoms. The van der Waals surface area contributed by atoms with Crippen molar-refractivity contribution in [3.63, 3.8) is 0 Å². The van der Waals surface area contributed by atoms with Gasteiger partial charge in [-0.1, -0.05) is 37.6 Å². The molecule has 0 aromatic heterocycles. The third-order valence-electron chi connectivity index (χ3n) is 1.54. The summed E-state index contributed by atoms with van der Waals surface area (Å²) >= 11 is 0. The van der Waals surface area contributed by atoms with E-state index in [1.165, 1.54) is 6.42 Å². The number of hydrogen-bond acceptors (Lipinski definition) is 0. The van der Waals surface area contributed by atoms with Gasteiger partial charge in [-0.05, 0) is 12.3 Å². The predicted molar refractivity (Wildman–Crippen MR) is 43.8 cm³/mol. The van der Waals surface area contributed by atoms with Crippen LogP contribution in [0.4, 0.5) is 0 Å². The molecule has 0 radical (unpaired) electrons. The Balaban J connectivity index is 0.000000640. The first kappa shape index (κ1) is 9.08. The quantitative estimate of drug-likeness (QED) is 0.459. The molecule has 0 spiro atoms. The van der Waals surface area contributed by atoms with E-state index in [0.29, 0.717) is 0 Å². The Morgan fingerprint density at radius 2 is 2.11 bits per heavy atom. The zero-order chi connectivity index (χ0) is 5.98. The Bertz CT molecular complexity index is 132. The molecule has 1 rings (SSSR count). The molecule has 9 heavy (non-hydrogen) atoms. The van der Waals surface area contributed by atoms with Crippen LogP contribution in [0, 0.1) is 5.92 Å². The summed E-state index contributed by atoms with van der Waals surface area (Å²) in [6, 6.07) is 0. The molecule has 0 aromatic rings. The summed E-state index contributed by atoms with van der Waals surface area (Å²) < 4.78 is 0. The Morgan fingerprint density at radius 1 is 1.44 bits per heavy atom. The SMILES string of the molecule is CC(C)C1=CC=CC1.[LiH]. The molecular formula is C8H13Li. The molecule has 0 nitrogen and oxygen atoms in total. The average Bonchev–Trinajstić information content (AvgIpc) is 2.12. The average molecular weight is 116 g/mol. The predicted octanol–water partition coefficient (Wildman–Crippen LogP) is 1.88. The fourth-order valence-corrected chi connectivity index (χ4v) is 0.892. The van der Waals surface area contributed by atoms with Crippen LogP contribution in [0.2, 0.25) is 0 Å². The monoisotopic (exact) mass is 116 g/mol. The van der Waals surface area contributed by atoms with E-state index in [1.54, 1.807) is 5.57 Å². The molecule has 0 heterocycles. The second-order valence-corrected chi connectivity index (χ2v) is 2.53. The zero-order valence-electron chi connectivity index (χ0n) is 5.52. The van der Waals surface area contributed by atoms with E-state index in [-0.39, 0.29) is 18.9 Å². The first-order chi connectivity index (χ1) is 3.80. The molecule has 0 aromatic carbocycles. The van der Waals surface area contributed by atoms with Gasteiger partial charge in [-0.25, -0.2) is 0 Å². The fraction of sp³-hybridized carbons (Fsp3) is 0.500. The molecular weight excluding hydrogens is 103 g/mol. The molecule has 0 saturated heterocycles. The standard InChI is InChI=1S/C8H12.Li.H/c1-7(2)8-5-3-4-6-8;;/h3-5,7H,6H2,1-2H3;;. The van der Waals surface area contributed by atoms with Crippen molar-refractivity contribution in [2.24, 2.45) is 5.92 Å². The minimum absolute atomic E-state index is 0. The van der Waals surface area contributed by atoms with Crippen LogP contribution in [0.5, 0.6) is 0 Å². The van der Waals surface area contributed by atoms with Crippen LogP contribution in [-0.4, -0.2) is 18.9 Å². The summed E-state index contributed by atoms with van der Waals surface area (Å²) in [6.07, 6.45) is 7.73. The van der Waals surface area contributed by atoms with Gasteiger partial charge in [-0.3, -0.25) is 0 Å². The van der Waals surface area contributed by atoms with Gasteiger partial charge in [0.1, 0.15) is 0 Å². The second kappa shape index (κ2) is 3.98. The van der Waals surface area contributed by atoms with Gasteiger partial charge in [-0.2, -0.15) is 0 Å². The van der Waals surface area contributed by atoms with Crippen LogP contribution in [0.3, 0.4) is 0 Å². The molecule has 0 aliphatic heterocycles. The Kier molecular flexibility index (Phi) is 4.02. The van der Waals surface area contributed by atoms with Crippen LogP contribution in [0.1, 0.15) is 20.3 Å². The van der Waals surface area contributed by atoms with Crippen LogP contribution in [0.25, 0.3) is 0 Å².